The molecule has 0 aliphatic carbocycles. The van der Waals surface area contributed by atoms with Crippen LogP contribution in [-0.4, -0.2) is 71.8 Å². The van der Waals surface area contributed by atoms with Gasteiger partial charge in [0.05, 0.1) is 5.69 Å². The second kappa shape index (κ2) is 8.69. The van der Waals surface area contributed by atoms with Gasteiger partial charge in [0.1, 0.15) is 12.1 Å². The average molecular weight is 445 g/mol. The van der Waals surface area contributed by atoms with Gasteiger partial charge in [-0.2, -0.15) is 14.6 Å². The standard InChI is InChI=1S/C22H23N9O2/c1-29(18-7-10-23-20(28-18)26-16-8-11-30(12-9-16)22(32)33)21-27-17(15-5-3-2-4-6-15)13-19-24-14-25-31(19)21/h2-7,10,13-14,16H,8-9,11-12H2,1H3,(H,32,33)(H,23,26,28). The first kappa shape index (κ1) is 20.6. The summed E-state index contributed by atoms with van der Waals surface area (Å²) in [4.78, 5) is 32.6. The maximum Gasteiger partial charge on any atom is 0.407 e. The Morgan fingerprint density at radius 1 is 1.12 bits per heavy atom. The van der Waals surface area contributed by atoms with Crippen molar-refractivity contribution in [2.75, 3.05) is 30.4 Å². The quantitative estimate of drug-likeness (QED) is 0.477. The molecule has 1 aliphatic rings. The summed E-state index contributed by atoms with van der Waals surface area (Å²) in [6.45, 7) is 0.986. The van der Waals surface area contributed by atoms with Crippen molar-refractivity contribution in [1.29, 1.82) is 0 Å². The van der Waals surface area contributed by atoms with Gasteiger partial charge in [-0.3, -0.25) is 4.90 Å². The summed E-state index contributed by atoms with van der Waals surface area (Å²) in [5.41, 5.74) is 2.45. The molecule has 1 amide bonds. The molecular weight excluding hydrogens is 422 g/mol. The lowest BCUT2D eigenvalue weighted by molar-refractivity contribution is 0.133. The Morgan fingerprint density at radius 3 is 2.67 bits per heavy atom. The summed E-state index contributed by atoms with van der Waals surface area (Å²) in [6, 6.07) is 13.7. The van der Waals surface area contributed by atoms with E-state index >= 15 is 0 Å². The number of carboxylic acid groups (broad SMARTS) is 1. The van der Waals surface area contributed by atoms with E-state index in [-0.39, 0.29) is 6.04 Å². The van der Waals surface area contributed by atoms with Crippen molar-refractivity contribution in [3.8, 4) is 11.3 Å². The zero-order chi connectivity index (χ0) is 22.8. The number of benzene rings is 1. The zero-order valence-corrected chi connectivity index (χ0v) is 18.0. The molecule has 1 saturated heterocycles. The number of piperidine rings is 1. The molecule has 0 radical (unpaired) electrons. The number of nitrogens with zero attached hydrogens (tertiary/aromatic N) is 8. The number of hydrogen-bond donors (Lipinski definition) is 2. The minimum absolute atomic E-state index is 0.114. The van der Waals surface area contributed by atoms with Crippen LogP contribution in [0.25, 0.3) is 16.9 Å². The topological polar surface area (TPSA) is 125 Å². The van der Waals surface area contributed by atoms with E-state index in [2.05, 4.69) is 25.4 Å². The van der Waals surface area contributed by atoms with E-state index in [0.717, 1.165) is 11.3 Å². The minimum atomic E-state index is -0.877. The van der Waals surface area contributed by atoms with Gasteiger partial charge in [0.25, 0.3) is 0 Å². The van der Waals surface area contributed by atoms with E-state index in [4.69, 9.17) is 10.1 Å². The van der Waals surface area contributed by atoms with Crippen LogP contribution in [0.15, 0.2) is 55.0 Å². The SMILES string of the molecule is CN(c1ccnc(NC2CCN(C(=O)O)CC2)n1)c1nc(-c2ccccc2)cc2ncnn12. The van der Waals surface area contributed by atoms with Gasteiger partial charge in [-0.1, -0.05) is 30.3 Å². The van der Waals surface area contributed by atoms with Gasteiger partial charge in [0, 0.05) is 44.0 Å². The Hall–Kier alpha value is -4.28. The molecule has 3 aromatic heterocycles. The first-order valence-corrected chi connectivity index (χ1v) is 10.7. The molecule has 2 N–H and O–H groups in total. The van der Waals surface area contributed by atoms with Crippen LogP contribution in [0, 0.1) is 0 Å². The van der Waals surface area contributed by atoms with Crippen LogP contribution in [-0.2, 0) is 0 Å². The summed E-state index contributed by atoms with van der Waals surface area (Å²) in [6.07, 6.45) is 3.72. The number of anilines is 3. The Labute approximate surface area is 189 Å². The van der Waals surface area contributed by atoms with Crippen LogP contribution < -0.4 is 10.2 Å². The Balaban J connectivity index is 1.40. The van der Waals surface area contributed by atoms with Crippen molar-refractivity contribution in [2.24, 2.45) is 0 Å². The number of hydrogen-bond acceptors (Lipinski definition) is 8. The predicted octanol–water partition coefficient (Wildman–Crippen LogP) is 2.90. The van der Waals surface area contributed by atoms with Crippen molar-refractivity contribution in [2.45, 2.75) is 18.9 Å². The number of amides is 1. The van der Waals surface area contributed by atoms with E-state index in [1.807, 2.05) is 48.3 Å². The van der Waals surface area contributed by atoms with Crippen LogP contribution >= 0.6 is 0 Å². The number of likely N-dealkylation sites (tertiary alicyclic amines) is 1. The lowest BCUT2D eigenvalue weighted by Gasteiger charge is -2.30. The first-order chi connectivity index (χ1) is 16.1. The first-order valence-electron chi connectivity index (χ1n) is 10.7. The summed E-state index contributed by atoms with van der Waals surface area (Å²) in [5.74, 6) is 1.70. The monoisotopic (exact) mass is 445 g/mol. The van der Waals surface area contributed by atoms with Gasteiger partial charge < -0.3 is 15.3 Å². The van der Waals surface area contributed by atoms with Crippen molar-refractivity contribution in [3.63, 3.8) is 0 Å². The molecule has 33 heavy (non-hydrogen) atoms. The van der Waals surface area contributed by atoms with Gasteiger partial charge in [-0.05, 0) is 18.9 Å². The number of rotatable bonds is 5. The Kier molecular flexibility index (Phi) is 5.43. The molecule has 0 spiro atoms. The Morgan fingerprint density at radius 2 is 1.91 bits per heavy atom. The molecule has 168 valence electrons. The molecule has 0 bridgehead atoms. The maximum absolute atomic E-state index is 11.1. The van der Waals surface area contributed by atoms with Gasteiger partial charge in [0.2, 0.25) is 11.9 Å². The fourth-order valence-electron chi connectivity index (χ4n) is 3.89. The number of fused-ring (bicyclic) bond motifs is 1. The van der Waals surface area contributed by atoms with Gasteiger partial charge >= 0.3 is 6.09 Å². The van der Waals surface area contributed by atoms with E-state index < -0.39 is 6.09 Å². The van der Waals surface area contributed by atoms with Gasteiger partial charge in [-0.25, -0.2) is 19.7 Å². The molecule has 1 aliphatic heterocycles. The highest BCUT2D eigenvalue weighted by Gasteiger charge is 2.23. The predicted molar refractivity (Wildman–Crippen MR) is 123 cm³/mol. The van der Waals surface area contributed by atoms with Crippen molar-refractivity contribution >= 4 is 29.5 Å². The molecule has 11 nitrogen and oxygen atoms in total. The van der Waals surface area contributed by atoms with E-state index in [1.165, 1.54) is 11.2 Å². The molecule has 0 atom stereocenters. The van der Waals surface area contributed by atoms with Crippen molar-refractivity contribution < 1.29 is 9.90 Å². The third-order valence-electron chi connectivity index (χ3n) is 5.70. The molecule has 11 heteroatoms. The number of aromatic nitrogens is 6. The van der Waals surface area contributed by atoms with Crippen LogP contribution in [0.2, 0.25) is 0 Å². The smallest absolute Gasteiger partial charge is 0.407 e. The second-order valence-electron chi connectivity index (χ2n) is 7.82. The Bertz CT molecular complexity index is 1270. The lowest BCUT2D eigenvalue weighted by atomic mass is 10.1. The summed E-state index contributed by atoms with van der Waals surface area (Å²) in [7, 11) is 1.87. The van der Waals surface area contributed by atoms with Crippen LogP contribution in [0.4, 0.5) is 22.5 Å². The molecule has 0 saturated carbocycles. The zero-order valence-electron chi connectivity index (χ0n) is 18.0. The second-order valence-corrected chi connectivity index (χ2v) is 7.82. The molecule has 1 aromatic carbocycles. The highest BCUT2D eigenvalue weighted by molar-refractivity contribution is 5.67. The van der Waals surface area contributed by atoms with Crippen LogP contribution in [0.3, 0.4) is 0 Å². The van der Waals surface area contributed by atoms with Crippen LogP contribution in [0.5, 0.6) is 0 Å². The van der Waals surface area contributed by atoms with Crippen molar-refractivity contribution in [3.05, 3.63) is 55.0 Å². The fraction of sp³-hybridized carbons (Fsp3) is 0.273. The van der Waals surface area contributed by atoms with Crippen molar-refractivity contribution in [1.82, 2.24) is 34.4 Å². The van der Waals surface area contributed by atoms with Crippen LogP contribution in [0.1, 0.15) is 12.8 Å². The van der Waals surface area contributed by atoms with E-state index in [1.54, 1.807) is 16.8 Å². The number of carbonyl (C=O) groups is 1. The van der Waals surface area contributed by atoms with Gasteiger partial charge in [-0.15, -0.1) is 0 Å². The van der Waals surface area contributed by atoms with E-state index in [0.29, 0.717) is 49.3 Å². The normalized spacial score (nSPS) is 14.4. The molecular formula is C22H23N9O2. The number of nitrogens with one attached hydrogen (secondary N) is 1. The molecule has 5 rings (SSSR count). The third kappa shape index (κ3) is 4.25. The molecule has 0 unspecified atom stereocenters. The van der Waals surface area contributed by atoms with E-state index in [9.17, 15) is 4.79 Å². The van der Waals surface area contributed by atoms with Gasteiger partial charge in [0.15, 0.2) is 5.65 Å². The summed E-state index contributed by atoms with van der Waals surface area (Å²) < 4.78 is 1.67. The maximum atomic E-state index is 11.1. The third-order valence-corrected chi connectivity index (χ3v) is 5.70. The summed E-state index contributed by atoms with van der Waals surface area (Å²) in [5, 5.41) is 16.8. The molecule has 4 aromatic rings. The summed E-state index contributed by atoms with van der Waals surface area (Å²) >= 11 is 0. The highest BCUT2D eigenvalue weighted by atomic mass is 16.4. The molecule has 1 fully saturated rings. The fourth-order valence-corrected chi connectivity index (χ4v) is 3.89. The highest BCUT2D eigenvalue weighted by Crippen LogP contribution is 2.26. The largest absolute Gasteiger partial charge is 0.465 e. The molecule has 4 heterocycles. The minimum Gasteiger partial charge on any atom is -0.465 e. The average Bonchev–Trinajstić information content (AvgIpc) is 3.33. The lowest BCUT2D eigenvalue weighted by Crippen LogP contribution is -2.41.